The van der Waals surface area contributed by atoms with Crippen LogP contribution in [-0.2, 0) is 9.16 Å². The van der Waals surface area contributed by atoms with Crippen LogP contribution in [0.3, 0.4) is 0 Å². The van der Waals surface area contributed by atoms with E-state index in [2.05, 4.69) is 50.0 Å². The second-order valence-corrected chi connectivity index (χ2v) is 13.7. The minimum atomic E-state index is -2.77. The molecule has 33 heavy (non-hydrogen) atoms. The minimum Gasteiger partial charge on any atom is -0.405 e. The highest BCUT2D eigenvalue weighted by Gasteiger charge is 2.51. The molecular weight excluding hydrogens is 436 g/mol. The van der Waals surface area contributed by atoms with Crippen LogP contribution < -0.4 is 21.6 Å². The number of ether oxygens (including phenoxy) is 1. The minimum absolute atomic E-state index is 0.184. The highest BCUT2D eigenvalue weighted by molar-refractivity contribution is 6.99. The van der Waals surface area contributed by atoms with Gasteiger partial charge in [-0.2, -0.15) is 0 Å². The van der Waals surface area contributed by atoms with Crippen LogP contribution in [-0.4, -0.2) is 41.8 Å². The van der Waals surface area contributed by atoms with Crippen molar-refractivity contribution in [1.82, 2.24) is 9.55 Å². The summed E-state index contributed by atoms with van der Waals surface area (Å²) in [6.45, 7) is 6.75. The van der Waals surface area contributed by atoms with Crippen molar-refractivity contribution in [3.05, 3.63) is 93.8 Å². The summed E-state index contributed by atoms with van der Waals surface area (Å²) in [5.74, 6) is 0. The average molecular weight is 467 g/mol. The number of hydrogen-bond donors (Lipinski definition) is 2. The molecular formula is C25H30N2O5Si. The van der Waals surface area contributed by atoms with E-state index in [0.29, 0.717) is 0 Å². The molecule has 1 fully saturated rings. The van der Waals surface area contributed by atoms with Gasteiger partial charge in [-0.1, -0.05) is 81.4 Å². The lowest BCUT2D eigenvalue weighted by Crippen LogP contribution is -2.67. The molecule has 8 heteroatoms. The number of aromatic amines is 1. The van der Waals surface area contributed by atoms with Crippen LogP contribution in [0.4, 0.5) is 0 Å². The molecule has 0 saturated carbocycles. The van der Waals surface area contributed by atoms with E-state index in [9.17, 15) is 14.7 Å². The van der Waals surface area contributed by atoms with Gasteiger partial charge >= 0.3 is 5.69 Å². The Morgan fingerprint density at radius 3 is 2.12 bits per heavy atom. The molecule has 0 amide bonds. The molecule has 2 N–H and O–H groups in total. The van der Waals surface area contributed by atoms with Gasteiger partial charge in [-0.05, 0) is 15.4 Å². The molecule has 1 saturated heterocycles. The van der Waals surface area contributed by atoms with Gasteiger partial charge < -0.3 is 14.3 Å². The van der Waals surface area contributed by atoms with Crippen molar-refractivity contribution >= 4 is 18.7 Å². The first-order valence-corrected chi connectivity index (χ1v) is 13.0. The maximum absolute atomic E-state index is 12.2. The Morgan fingerprint density at radius 2 is 1.61 bits per heavy atom. The van der Waals surface area contributed by atoms with E-state index in [1.54, 1.807) is 0 Å². The number of benzene rings is 2. The highest BCUT2D eigenvalue weighted by atomic mass is 28.4. The molecule has 1 aliphatic heterocycles. The monoisotopic (exact) mass is 466 g/mol. The third-order valence-electron chi connectivity index (χ3n) is 6.25. The van der Waals surface area contributed by atoms with E-state index >= 15 is 0 Å². The van der Waals surface area contributed by atoms with Crippen LogP contribution >= 0.6 is 0 Å². The lowest BCUT2D eigenvalue weighted by atomic mass is 10.2. The lowest BCUT2D eigenvalue weighted by Gasteiger charge is -2.43. The summed E-state index contributed by atoms with van der Waals surface area (Å²) in [4.78, 5) is 25.8. The molecule has 3 atom stereocenters. The van der Waals surface area contributed by atoms with Crippen molar-refractivity contribution in [2.45, 2.75) is 50.7 Å². The Labute approximate surface area is 193 Å². The Morgan fingerprint density at radius 1 is 1.03 bits per heavy atom. The third kappa shape index (κ3) is 4.52. The summed E-state index contributed by atoms with van der Waals surface area (Å²) < 4.78 is 14.2. The fraction of sp³-hybridized carbons (Fsp3) is 0.360. The van der Waals surface area contributed by atoms with Crippen LogP contribution in [0.1, 0.15) is 33.4 Å². The average Bonchev–Trinajstić information content (AvgIpc) is 3.15. The first-order valence-electron chi connectivity index (χ1n) is 11.1. The van der Waals surface area contributed by atoms with Gasteiger partial charge in [0.05, 0.1) is 12.7 Å². The van der Waals surface area contributed by atoms with Crippen LogP contribution in [0.15, 0.2) is 82.5 Å². The number of hydrogen-bond acceptors (Lipinski definition) is 5. The van der Waals surface area contributed by atoms with Crippen LogP contribution in [0.2, 0.25) is 5.04 Å². The molecule has 174 valence electrons. The first kappa shape index (κ1) is 23.4. The quantitative estimate of drug-likeness (QED) is 0.540. The van der Waals surface area contributed by atoms with Gasteiger partial charge in [0, 0.05) is 18.7 Å². The van der Waals surface area contributed by atoms with Crippen molar-refractivity contribution in [2.75, 3.05) is 6.61 Å². The van der Waals surface area contributed by atoms with E-state index in [1.165, 1.54) is 16.8 Å². The normalized spacial score (nSPS) is 21.3. The van der Waals surface area contributed by atoms with Crippen molar-refractivity contribution in [3.63, 3.8) is 0 Å². The summed E-state index contributed by atoms with van der Waals surface area (Å²) in [6, 6.07) is 21.8. The molecule has 1 aromatic heterocycles. The van der Waals surface area contributed by atoms with Crippen LogP contribution in [0, 0.1) is 0 Å². The summed E-state index contributed by atoms with van der Waals surface area (Å²) in [5, 5.41) is 12.8. The number of aliphatic hydroxyl groups is 1. The molecule has 7 nitrogen and oxygen atoms in total. The molecule has 0 aliphatic carbocycles. The second kappa shape index (κ2) is 9.22. The van der Waals surface area contributed by atoms with Crippen molar-refractivity contribution in [2.24, 2.45) is 0 Å². The topological polar surface area (TPSA) is 93.5 Å². The molecule has 0 spiro atoms. The number of rotatable bonds is 6. The standard InChI is InChI=1S/C25H30N2O5Si/c1-25(2,3)33(18-10-6-4-7-11-18,19-12-8-5-9-13-19)31-17-21-20(28)16-23(32-21)27-15-14-22(29)26-24(27)30/h4-15,20-21,23,28H,16-17H2,1-3H3,(H,26,29,30)/t20-,21+,23+/m0/s1. The Hall–Kier alpha value is -2.78. The predicted molar refractivity (Wildman–Crippen MR) is 129 cm³/mol. The molecule has 2 heterocycles. The molecule has 0 unspecified atom stereocenters. The number of nitrogens with zero attached hydrogens (tertiary/aromatic N) is 1. The van der Waals surface area contributed by atoms with Gasteiger partial charge in [-0.25, -0.2) is 4.79 Å². The number of aliphatic hydroxyl groups excluding tert-OH is 1. The zero-order chi connectivity index (χ0) is 23.6. The summed E-state index contributed by atoms with van der Waals surface area (Å²) in [5.41, 5.74) is -1.03. The molecule has 2 aromatic carbocycles. The van der Waals surface area contributed by atoms with Gasteiger partial charge in [-0.3, -0.25) is 14.3 Å². The number of nitrogens with one attached hydrogen (secondary N) is 1. The summed E-state index contributed by atoms with van der Waals surface area (Å²) >= 11 is 0. The zero-order valence-corrected chi connectivity index (χ0v) is 20.1. The fourth-order valence-electron chi connectivity index (χ4n) is 4.66. The van der Waals surface area contributed by atoms with Gasteiger partial charge in [0.2, 0.25) is 0 Å². The van der Waals surface area contributed by atoms with E-state index in [1.807, 2.05) is 36.4 Å². The Balaban J connectivity index is 1.65. The Bertz CT molecular complexity index is 1150. The van der Waals surface area contributed by atoms with Crippen molar-refractivity contribution < 1.29 is 14.3 Å². The molecule has 0 radical (unpaired) electrons. The van der Waals surface area contributed by atoms with E-state index in [-0.39, 0.29) is 18.1 Å². The number of H-pyrrole nitrogens is 1. The predicted octanol–water partition coefficient (Wildman–Crippen LogP) is 1.76. The maximum atomic E-state index is 12.2. The van der Waals surface area contributed by atoms with Crippen molar-refractivity contribution in [1.29, 1.82) is 0 Å². The molecule has 4 rings (SSSR count). The van der Waals surface area contributed by atoms with Crippen LogP contribution in [0.5, 0.6) is 0 Å². The van der Waals surface area contributed by atoms with Crippen LogP contribution in [0.25, 0.3) is 0 Å². The first-order chi connectivity index (χ1) is 15.7. The lowest BCUT2D eigenvalue weighted by molar-refractivity contribution is -0.0426. The SMILES string of the molecule is CC(C)(C)[Si](OC[C@H]1O[C@@H](n2ccc(=O)[nH]c2=O)C[C@@H]1O)(c1ccccc1)c1ccccc1. The van der Waals surface area contributed by atoms with E-state index < -0.39 is 38.0 Å². The van der Waals surface area contributed by atoms with E-state index in [4.69, 9.17) is 9.16 Å². The molecule has 3 aromatic rings. The molecule has 1 aliphatic rings. The number of aromatic nitrogens is 2. The van der Waals surface area contributed by atoms with Gasteiger partial charge in [0.15, 0.2) is 0 Å². The Kier molecular flexibility index (Phi) is 6.53. The second-order valence-electron chi connectivity index (χ2n) is 9.42. The third-order valence-corrected chi connectivity index (χ3v) is 11.3. The molecule has 0 bridgehead atoms. The summed E-state index contributed by atoms with van der Waals surface area (Å²) in [7, 11) is -2.77. The smallest absolute Gasteiger partial charge is 0.330 e. The van der Waals surface area contributed by atoms with Gasteiger partial charge in [-0.15, -0.1) is 0 Å². The highest BCUT2D eigenvalue weighted by Crippen LogP contribution is 2.38. The largest absolute Gasteiger partial charge is 0.405 e. The van der Waals surface area contributed by atoms with Gasteiger partial charge in [0.25, 0.3) is 13.9 Å². The summed E-state index contributed by atoms with van der Waals surface area (Å²) in [6.07, 6.45) is -0.440. The zero-order valence-electron chi connectivity index (χ0n) is 19.1. The van der Waals surface area contributed by atoms with Crippen molar-refractivity contribution in [3.8, 4) is 0 Å². The van der Waals surface area contributed by atoms with Gasteiger partial charge in [0.1, 0.15) is 12.3 Å². The van der Waals surface area contributed by atoms with E-state index in [0.717, 1.165) is 10.4 Å². The maximum Gasteiger partial charge on any atom is 0.330 e. The fourth-order valence-corrected chi connectivity index (χ4v) is 9.23.